The van der Waals surface area contributed by atoms with Crippen LogP contribution in [-0.2, 0) is 4.79 Å². The summed E-state index contributed by atoms with van der Waals surface area (Å²) in [5.74, 6) is 1.22. The molecular formula is C20H27N3O. The number of piperidine rings is 1. The van der Waals surface area contributed by atoms with Gasteiger partial charge in [0, 0.05) is 31.1 Å². The van der Waals surface area contributed by atoms with Crippen LogP contribution in [0, 0.1) is 23.2 Å². The van der Waals surface area contributed by atoms with Gasteiger partial charge in [0.25, 0.3) is 0 Å². The average Bonchev–Trinajstić information content (AvgIpc) is 3.46. The fourth-order valence-electron chi connectivity index (χ4n) is 3.72. The molecule has 0 unspecified atom stereocenters. The van der Waals surface area contributed by atoms with E-state index in [0.29, 0.717) is 29.3 Å². The highest BCUT2D eigenvalue weighted by Gasteiger charge is 2.37. The van der Waals surface area contributed by atoms with Gasteiger partial charge in [-0.05, 0) is 49.8 Å². The number of likely N-dealkylation sites (tertiary alicyclic amines) is 1. The lowest BCUT2D eigenvalue weighted by atomic mass is 9.88. The normalized spacial score (nSPS) is 25.1. The summed E-state index contributed by atoms with van der Waals surface area (Å²) < 4.78 is 0. The average molecular weight is 325 g/mol. The van der Waals surface area contributed by atoms with Crippen LogP contribution in [0.15, 0.2) is 24.3 Å². The third-order valence-corrected chi connectivity index (χ3v) is 5.50. The zero-order valence-corrected chi connectivity index (χ0v) is 14.7. The van der Waals surface area contributed by atoms with Gasteiger partial charge in [0.15, 0.2) is 0 Å². The Morgan fingerprint density at radius 2 is 2.04 bits per heavy atom. The monoisotopic (exact) mass is 325 g/mol. The molecule has 3 atom stereocenters. The maximum Gasteiger partial charge on any atom is 0.225 e. The molecule has 4 nitrogen and oxygen atoms in total. The maximum atomic E-state index is 12.3. The van der Waals surface area contributed by atoms with Gasteiger partial charge in [0.05, 0.1) is 11.6 Å². The van der Waals surface area contributed by atoms with E-state index in [4.69, 9.17) is 5.26 Å². The molecule has 4 heteroatoms. The van der Waals surface area contributed by atoms with E-state index in [1.54, 1.807) is 0 Å². The van der Waals surface area contributed by atoms with Crippen molar-refractivity contribution >= 4 is 5.91 Å². The molecule has 1 aromatic rings. The molecule has 2 fully saturated rings. The first-order chi connectivity index (χ1) is 11.6. The Morgan fingerprint density at radius 1 is 1.33 bits per heavy atom. The molecule has 0 radical (unpaired) electrons. The first-order valence-corrected chi connectivity index (χ1v) is 9.17. The number of nitrogens with zero attached hydrogens (tertiary/aromatic N) is 2. The predicted molar refractivity (Wildman–Crippen MR) is 94.2 cm³/mol. The summed E-state index contributed by atoms with van der Waals surface area (Å²) in [6.07, 6.45) is 4.29. The van der Waals surface area contributed by atoms with Gasteiger partial charge in [-0.25, -0.2) is 0 Å². The van der Waals surface area contributed by atoms with Gasteiger partial charge < -0.3 is 10.2 Å². The molecule has 128 valence electrons. The van der Waals surface area contributed by atoms with E-state index in [-0.39, 0.29) is 6.04 Å². The second kappa shape index (κ2) is 7.36. The van der Waals surface area contributed by atoms with Crippen molar-refractivity contribution in [1.82, 2.24) is 10.2 Å². The van der Waals surface area contributed by atoms with E-state index in [0.717, 1.165) is 38.8 Å². The third kappa shape index (κ3) is 3.79. The number of benzene rings is 1. The molecule has 24 heavy (non-hydrogen) atoms. The number of carbonyl (C=O) groups excluding carboxylic acids is 1. The molecule has 0 spiro atoms. The molecule has 2 aliphatic rings. The summed E-state index contributed by atoms with van der Waals surface area (Å²) in [5.41, 5.74) is 1.91. The number of carbonyl (C=O) groups is 1. The SMILES string of the molecule is CC[C@@H]1CN(C(=O)C2CC2)CC[C@@H]1N[C@@H](C)c1ccc(C#N)cc1. The van der Waals surface area contributed by atoms with E-state index < -0.39 is 0 Å². The summed E-state index contributed by atoms with van der Waals surface area (Å²) in [5, 5.41) is 12.7. The third-order valence-electron chi connectivity index (χ3n) is 5.50. The number of hydrogen-bond donors (Lipinski definition) is 1. The Morgan fingerprint density at radius 3 is 2.62 bits per heavy atom. The van der Waals surface area contributed by atoms with Crippen molar-refractivity contribution in [3.63, 3.8) is 0 Å². The van der Waals surface area contributed by atoms with Crippen molar-refractivity contribution in [2.45, 2.75) is 51.6 Å². The number of nitrogens with one attached hydrogen (secondary N) is 1. The summed E-state index contributed by atoms with van der Waals surface area (Å²) in [6, 6.07) is 10.7. The number of amides is 1. The Bertz CT molecular complexity index is 615. The van der Waals surface area contributed by atoms with E-state index >= 15 is 0 Å². The first kappa shape index (κ1) is 17.0. The molecular weight excluding hydrogens is 298 g/mol. The number of nitriles is 1. The zero-order chi connectivity index (χ0) is 17.1. The summed E-state index contributed by atoms with van der Waals surface area (Å²) in [4.78, 5) is 14.4. The molecule has 1 saturated carbocycles. The van der Waals surface area contributed by atoms with Crippen LogP contribution in [0.5, 0.6) is 0 Å². The van der Waals surface area contributed by atoms with Crippen LogP contribution < -0.4 is 5.32 Å². The standard InChI is InChI=1S/C20H27N3O/c1-3-16-13-23(20(24)18-8-9-18)11-10-19(16)22-14(2)17-6-4-15(12-21)5-7-17/h4-7,14,16,18-19,22H,3,8-11,13H2,1-2H3/t14-,16+,19-/m0/s1. The highest BCUT2D eigenvalue weighted by atomic mass is 16.2. The van der Waals surface area contributed by atoms with Gasteiger partial charge >= 0.3 is 0 Å². The lowest BCUT2D eigenvalue weighted by Crippen LogP contribution is -2.51. The lowest BCUT2D eigenvalue weighted by Gasteiger charge is -2.40. The highest BCUT2D eigenvalue weighted by Crippen LogP contribution is 2.33. The second-order valence-corrected chi connectivity index (χ2v) is 7.24. The molecule has 1 aliphatic carbocycles. The van der Waals surface area contributed by atoms with Crippen molar-refractivity contribution in [2.24, 2.45) is 11.8 Å². The molecule has 0 bridgehead atoms. The largest absolute Gasteiger partial charge is 0.342 e. The predicted octanol–water partition coefficient (Wildman–Crippen LogP) is 3.25. The summed E-state index contributed by atoms with van der Waals surface area (Å²) in [6.45, 7) is 6.17. The van der Waals surface area contributed by atoms with Crippen LogP contribution in [0.4, 0.5) is 0 Å². The Labute approximate surface area is 144 Å². The van der Waals surface area contributed by atoms with Crippen molar-refractivity contribution in [3.8, 4) is 6.07 Å². The smallest absolute Gasteiger partial charge is 0.225 e. The second-order valence-electron chi connectivity index (χ2n) is 7.24. The van der Waals surface area contributed by atoms with Crippen molar-refractivity contribution in [1.29, 1.82) is 5.26 Å². The quantitative estimate of drug-likeness (QED) is 0.904. The molecule has 1 aliphatic heterocycles. The van der Waals surface area contributed by atoms with Crippen LogP contribution in [0.25, 0.3) is 0 Å². The molecule has 1 heterocycles. The fraction of sp³-hybridized carbons (Fsp3) is 0.600. The van der Waals surface area contributed by atoms with Gasteiger partial charge in [-0.15, -0.1) is 0 Å². The minimum atomic E-state index is 0.252. The number of rotatable bonds is 5. The van der Waals surface area contributed by atoms with Crippen LogP contribution >= 0.6 is 0 Å². The zero-order valence-electron chi connectivity index (χ0n) is 14.7. The Kier molecular flexibility index (Phi) is 5.20. The molecule has 0 aromatic heterocycles. The molecule has 1 saturated heterocycles. The lowest BCUT2D eigenvalue weighted by molar-refractivity contribution is -0.134. The van der Waals surface area contributed by atoms with Crippen LogP contribution in [0.2, 0.25) is 0 Å². The highest BCUT2D eigenvalue weighted by molar-refractivity contribution is 5.81. The van der Waals surface area contributed by atoms with Crippen molar-refractivity contribution in [2.75, 3.05) is 13.1 Å². The van der Waals surface area contributed by atoms with E-state index in [1.807, 2.05) is 24.3 Å². The minimum absolute atomic E-state index is 0.252. The molecule has 1 aromatic carbocycles. The number of hydrogen-bond acceptors (Lipinski definition) is 3. The molecule has 3 rings (SSSR count). The van der Waals surface area contributed by atoms with Gasteiger partial charge in [-0.1, -0.05) is 25.5 Å². The van der Waals surface area contributed by atoms with Crippen LogP contribution in [0.3, 0.4) is 0 Å². The van der Waals surface area contributed by atoms with Gasteiger partial charge in [-0.2, -0.15) is 5.26 Å². The van der Waals surface area contributed by atoms with Crippen molar-refractivity contribution < 1.29 is 4.79 Å². The first-order valence-electron chi connectivity index (χ1n) is 9.17. The Hall–Kier alpha value is -1.86. The summed E-state index contributed by atoms with van der Waals surface area (Å²) in [7, 11) is 0. The van der Waals surface area contributed by atoms with E-state index in [2.05, 4.69) is 30.1 Å². The van der Waals surface area contributed by atoms with Gasteiger partial charge in [0.2, 0.25) is 5.91 Å². The summed E-state index contributed by atoms with van der Waals surface area (Å²) >= 11 is 0. The van der Waals surface area contributed by atoms with Crippen molar-refractivity contribution in [3.05, 3.63) is 35.4 Å². The maximum absolute atomic E-state index is 12.3. The van der Waals surface area contributed by atoms with Crippen LogP contribution in [-0.4, -0.2) is 29.9 Å². The minimum Gasteiger partial charge on any atom is -0.342 e. The topological polar surface area (TPSA) is 56.1 Å². The molecule has 1 N–H and O–H groups in total. The Balaban J connectivity index is 1.59. The van der Waals surface area contributed by atoms with E-state index in [1.165, 1.54) is 5.56 Å². The van der Waals surface area contributed by atoms with E-state index in [9.17, 15) is 4.79 Å². The fourth-order valence-corrected chi connectivity index (χ4v) is 3.72. The van der Waals surface area contributed by atoms with Crippen LogP contribution in [0.1, 0.15) is 56.7 Å². The van der Waals surface area contributed by atoms with Gasteiger partial charge in [0.1, 0.15) is 0 Å². The molecule has 1 amide bonds. The van der Waals surface area contributed by atoms with Gasteiger partial charge in [-0.3, -0.25) is 4.79 Å².